The molecule has 0 aliphatic heterocycles. The Bertz CT molecular complexity index is 1960. The van der Waals surface area contributed by atoms with Gasteiger partial charge in [-0.2, -0.15) is 0 Å². The van der Waals surface area contributed by atoms with Crippen molar-refractivity contribution in [3.8, 4) is 5.75 Å². The molecule has 1 N–H and O–H groups in total. The first-order valence-electron chi connectivity index (χ1n) is 14.9. The Kier molecular flexibility index (Phi) is 12.5. The summed E-state index contributed by atoms with van der Waals surface area (Å²) in [5.74, 6) is -1.18. The first kappa shape index (κ1) is 37.5. The number of sulfonamides is 1. The Morgan fingerprint density at radius 1 is 0.939 bits per heavy atom. The van der Waals surface area contributed by atoms with E-state index in [2.05, 4.69) is 5.32 Å². The van der Waals surface area contributed by atoms with Crippen LogP contribution in [-0.2, 0) is 32.6 Å². The van der Waals surface area contributed by atoms with E-state index in [4.69, 9.17) is 39.5 Å². The molecule has 1 unspecified atom stereocenters. The van der Waals surface area contributed by atoms with Crippen LogP contribution in [0, 0.1) is 17.0 Å². The molecular weight excluding hydrogens is 715 g/mol. The smallest absolute Gasteiger partial charge is 0.273 e. The van der Waals surface area contributed by atoms with Crippen molar-refractivity contribution in [2.45, 2.75) is 37.8 Å². The topological polar surface area (TPSA) is 139 Å². The summed E-state index contributed by atoms with van der Waals surface area (Å²) in [5, 5.41) is 15.2. The Hall–Kier alpha value is -4.36. The van der Waals surface area contributed by atoms with Gasteiger partial charge in [0.15, 0.2) is 0 Å². The number of carbonyl (C=O) groups excluding carboxylic acids is 2. The van der Waals surface area contributed by atoms with E-state index in [0.717, 1.165) is 15.9 Å². The third-order valence-electron chi connectivity index (χ3n) is 7.61. The highest BCUT2D eigenvalue weighted by Crippen LogP contribution is 2.36. The molecule has 0 aliphatic rings. The maximum atomic E-state index is 14.6. The number of likely N-dealkylation sites (N-methyl/N-ethyl adjacent to an activating group) is 1. The van der Waals surface area contributed by atoms with Crippen molar-refractivity contribution >= 4 is 68.0 Å². The van der Waals surface area contributed by atoms with Crippen LogP contribution in [0.15, 0.2) is 89.8 Å². The molecule has 0 spiro atoms. The average molecular weight is 748 g/mol. The summed E-state index contributed by atoms with van der Waals surface area (Å²) in [6.45, 7) is 2.49. The second-order valence-electron chi connectivity index (χ2n) is 10.9. The summed E-state index contributed by atoms with van der Waals surface area (Å²) < 4.78 is 35.1. The number of methoxy groups -OCH3 is 1. The van der Waals surface area contributed by atoms with Crippen LogP contribution in [0.5, 0.6) is 5.75 Å². The number of ether oxygens (including phenoxy) is 1. The fraction of sp³-hybridized carbons (Fsp3) is 0.235. The minimum absolute atomic E-state index is 0.0583. The number of halogens is 3. The molecular formula is C34H33Cl3N4O7S. The zero-order valence-corrected chi connectivity index (χ0v) is 29.8. The maximum Gasteiger partial charge on any atom is 0.273 e. The van der Waals surface area contributed by atoms with Gasteiger partial charge in [-0.15, -0.1) is 0 Å². The van der Waals surface area contributed by atoms with E-state index >= 15 is 0 Å². The largest absolute Gasteiger partial charge is 0.495 e. The first-order chi connectivity index (χ1) is 23.3. The van der Waals surface area contributed by atoms with E-state index in [-0.39, 0.29) is 51.6 Å². The second kappa shape index (κ2) is 16.4. The lowest BCUT2D eigenvalue weighted by atomic mass is 10.0. The van der Waals surface area contributed by atoms with Crippen molar-refractivity contribution in [1.82, 2.24) is 10.2 Å². The Morgan fingerprint density at radius 3 is 2.29 bits per heavy atom. The summed E-state index contributed by atoms with van der Waals surface area (Å²) in [7, 11) is -3.38. The van der Waals surface area contributed by atoms with Crippen LogP contribution < -0.4 is 14.4 Å². The molecule has 4 aromatic carbocycles. The molecule has 4 rings (SSSR count). The number of nitro groups is 1. The molecule has 11 nitrogen and oxygen atoms in total. The standard InChI is InChI=1S/C34H33Cl3N4O7S/c1-4-38-34(43)31(17-23-8-6-5-7-9-23)39(20-24-11-14-27(36)28(37)16-24)33(42)21-40(30-18-25(35)12-15-32(30)48-3)49(46,47)26-13-10-22(2)29(19-26)41(44)45/h5-16,18-19,31H,4,17,20-21H2,1-3H3,(H,38,43). The van der Waals surface area contributed by atoms with Crippen molar-refractivity contribution in [3.63, 3.8) is 0 Å². The van der Waals surface area contributed by atoms with Crippen LogP contribution in [0.4, 0.5) is 11.4 Å². The van der Waals surface area contributed by atoms with Crippen LogP contribution in [-0.4, -0.2) is 56.3 Å². The van der Waals surface area contributed by atoms with Crippen molar-refractivity contribution in [2.75, 3.05) is 24.5 Å². The molecule has 0 bridgehead atoms. The highest BCUT2D eigenvalue weighted by molar-refractivity contribution is 7.92. The summed E-state index contributed by atoms with van der Waals surface area (Å²) in [6.07, 6.45) is 0.0944. The van der Waals surface area contributed by atoms with Crippen LogP contribution in [0.2, 0.25) is 15.1 Å². The lowest BCUT2D eigenvalue weighted by Gasteiger charge is -2.34. The van der Waals surface area contributed by atoms with E-state index in [1.54, 1.807) is 37.3 Å². The molecule has 0 saturated carbocycles. The van der Waals surface area contributed by atoms with Gasteiger partial charge in [0, 0.05) is 36.2 Å². The zero-order valence-electron chi connectivity index (χ0n) is 26.7. The predicted octanol–water partition coefficient (Wildman–Crippen LogP) is 6.84. The van der Waals surface area contributed by atoms with Gasteiger partial charge in [0.2, 0.25) is 11.8 Å². The molecule has 0 aromatic heterocycles. The van der Waals surface area contributed by atoms with E-state index in [1.807, 2.05) is 18.2 Å². The molecule has 4 aromatic rings. The fourth-order valence-electron chi connectivity index (χ4n) is 5.13. The number of carbonyl (C=O) groups is 2. The zero-order chi connectivity index (χ0) is 35.9. The average Bonchev–Trinajstić information content (AvgIpc) is 3.07. The monoisotopic (exact) mass is 746 g/mol. The number of hydrogen-bond donors (Lipinski definition) is 1. The van der Waals surface area contributed by atoms with Crippen molar-refractivity contribution < 1.29 is 27.7 Å². The molecule has 0 heterocycles. The number of rotatable bonds is 14. The second-order valence-corrected chi connectivity index (χ2v) is 14.0. The Morgan fingerprint density at radius 2 is 1.65 bits per heavy atom. The summed E-state index contributed by atoms with van der Waals surface area (Å²) >= 11 is 18.8. The molecule has 0 radical (unpaired) electrons. The summed E-state index contributed by atoms with van der Waals surface area (Å²) in [6, 6.07) is 20.4. The summed E-state index contributed by atoms with van der Waals surface area (Å²) in [5.41, 5.74) is 0.988. The molecule has 0 fully saturated rings. The molecule has 2 amide bonds. The Balaban J connectivity index is 1.90. The quantitative estimate of drug-likeness (QED) is 0.110. The normalized spacial score (nSPS) is 11.8. The predicted molar refractivity (Wildman–Crippen MR) is 190 cm³/mol. The Labute approximate surface area is 299 Å². The van der Waals surface area contributed by atoms with Gasteiger partial charge in [0.1, 0.15) is 18.3 Å². The number of hydrogen-bond acceptors (Lipinski definition) is 7. The van der Waals surface area contributed by atoms with Gasteiger partial charge in [-0.3, -0.25) is 24.0 Å². The third kappa shape index (κ3) is 9.01. The lowest BCUT2D eigenvalue weighted by Crippen LogP contribution is -2.53. The number of amides is 2. The van der Waals surface area contributed by atoms with Gasteiger partial charge in [-0.25, -0.2) is 8.42 Å². The van der Waals surface area contributed by atoms with Crippen LogP contribution in [0.3, 0.4) is 0 Å². The fourth-order valence-corrected chi connectivity index (χ4v) is 7.05. The van der Waals surface area contributed by atoms with E-state index < -0.39 is 49.9 Å². The molecule has 15 heteroatoms. The maximum absolute atomic E-state index is 14.6. The third-order valence-corrected chi connectivity index (χ3v) is 10.3. The highest BCUT2D eigenvalue weighted by Gasteiger charge is 2.36. The molecule has 258 valence electrons. The van der Waals surface area contributed by atoms with Crippen LogP contribution >= 0.6 is 34.8 Å². The lowest BCUT2D eigenvalue weighted by molar-refractivity contribution is -0.385. The van der Waals surface area contributed by atoms with Gasteiger partial charge < -0.3 is 15.0 Å². The number of benzene rings is 4. The van der Waals surface area contributed by atoms with Gasteiger partial charge >= 0.3 is 0 Å². The molecule has 0 saturated heterocycles. The molecule has 0 aliphatic carbocycles. The van der Waals surface area contributed by atoms with Crippen molar-refractivity contribution in [1.29, 1.82) is 0 Å². The van der Waals surface area contributed by atoms with Crippen LogP contribution in [0.25, 0.3) is 0 Å². The van der Waals surface area contributed by atoms with Gasteiger partial charge in [0.25, 0.3) is 15.7 Å². The van der Waals surface area contributed by atoms with Gasteiger partial charge in [-0.1, -0.05) is 77.3 Å². The SMILES string of the molecule is CCNC(=O)C(Cc1ccccc1)N(Cc1ccc(Cl)c(Cl)c1)C(=O)CN(c1cc(Cl)ccc1OC)S(=O)(=O)c1ccc(C)c([N+](=O)[O-])c1. The molecule has 1 atom stereocenters. The van der Waals surface area contributed by atoms with Crippen molar-refractivity contribution in [3.05, 3.63) is 127 Å². The molecule has 49 heavy (non-hydrogen) atoms. The van der Waals surface area contributed by atoms with Crippen LogP contribution in [0.1, 0.15) is 23.6 Å². The van der Waals surface area contributed by atoms with E-state index in [9.17, 15) is 28.1 Å². The number of aryl methyl sites for hydroxylation is 1. The highest BCUT2D eigenvalue weighted by atomic mass is 35.5. The minimum Gasteiger partial charge on any atom is -0.495 e. The minimum atomic E-state index is -4.70. The van der Waals surface area contributed by atoms with Gasteiger partial charge in [0.05, 0.1) is 32.7 Å². The number of nitro benzene ring substituents is 1. The van der Waals surface area contributed by atoms with E-state index in [0.29, 0.717) is 5.56 Å². The summed E-state index contributed by atoms with van der Waals surface area (Å²) in [4.78, 5) is 40.2. The first-order valence-corrected chi connectivity index (χ1v) is 17.5. The number of anilines is 1. The van der Waals surface area contributed by atoms with Gasteiger partial charge in [-0.05, 0) is 61.4 Å². The number of nitrogens with one attached hydrogen (secondary N) is 1. The van der Waals surface area contributed by atoms with Crippen molar-refractivity contribution in [2.24, 2.45) is 0 Å². The number of nitrogens with zero attached hydrogens (tertiary/aromatic N) is 3. The van der Waals surface area contributed by atoms with E-state index in [1.165, 1.54) is 49.3 Å².